The SMILES string of the molecule is Cc1onc(-c2c(Cl)cccc2Cl)c1C(=O)N1CCN(C(=O)C(C)C)CC1. The third-order valence-corrected chi connectivity index (χ3v) is 5.28. The number of rotatable bonds is 3. The third-order valence-electron chi connectivity index (χ3n) is 4.65. The molecule has 1 aromatic heterocycles. The Balaban J connectivity index is 1.85. The zero-order valence-corrected chi connectivity index (χ0v) is 17.0. The molecule has 1 saturated heterocycles. The van der Waals surface area contributed by atoms with Crippen LogP contribution < -0.4 is 0 Å². The summed E-state index contributed by atoms with van der Waals surface area (Å²) in [7, 11) is 0. The molecule has 0 N–H and O–H groups in total. The maximum absolute atomic E-state index is 13.1. The van der Waals surface area contributed by atoms with E-state index in [4.69, 9.17) is 27.7 Å². The highest BCUT2D eigenvalue weighted by Crippen LogP contribution is 2.37. The minimum absolute atomic E-state index is 0.0541. The van der Waals surface area contributed by atoms with Gasteiger partial charge in [0.2, 0.25) is 5.91 Å². The predicted octanol–water partition coefficient (Wildman–Crippen LogP) is 3.90. The number of piperazine rings is 1. The standard InChI is InChI=1S/C19H21Cl2N3O3/c1-11(2)18(25)23-7-9-24(10-8-23)19(26)15-12(3)27-22-17(15)16-13(20)5-4-6-14(16)21/h4-6,11H,7-10H2,1-3H3. The average Bonchev–Trinajstić information content (AvgIpc) is 3.01. The van der Waals surface area contributed by atoms with Gasteiger partial charge in [-0.2, -0.15) is 0 Å². The molecule has 2 aromatic rings. The summed E-state index contributed by atoms with van der Waals surface area (Å²) >= 11 is 12.6. The molecule has 6 nitrogen and oxygen atoms in total. The Labute approximate surface area is 168 Å². The zero-order chi connectivity index (χ0) is 19.7. The van der Waals surface area contributed by atoms with Gasteiger partial charge in [-0.25, -0.2) is 0 Å². The quantitative estimate of drug-likeness (QED) is 0.770. The Hall–Kier alpha value is -2.05. The second kappa shape index (κ2) is 7.90. The second-order valence-electron chi connectivity index (χ2n) is 6.83. The number of hydrogen-bond acceptors (Lipinski definition) is 4. The van der Waals surface area contributed by atoms with Crippen LogP contribution in [0.3, 0.4) is 0 Å². The fraction of sp³-hybridized carbons (Fsp3) is 0.421. The van der Waals surface area contributed by atoms with Crippen molar-refractivity contribution in [2.24, 2.45) is 5.92 Å². The molecule has 2 amide bonds. The molecule has 0 spiro atoms. The monoisotopic (exact) mass is 409 g/mol. The van der Waals surface area contributed by atoms with Crippen LogP contribution in [0.4, 0.5) is 0 Å². The molecule has 1 aliphatic rings. The van der Waals surface area contributed by atoms with E-state index in [2.05, 4.69) is 5.16 Å². The maximum atomic E-state index is 13.1. The number of carbonyl (C=O) groups excluding carboxylic acids is 2. The van der Waals surface area contributed by atoms with Crippen LogP contribution in [-0.2, 0) is 4.79 Å². The maximum Gasteiger partial charge on any atom is 0.259 e. The van der Waals surface area contributed by atoms with E-state index in [9.17, 15) is 9.59 Å². The van der Waals surface area contributed by atoms with Crippen molar-refractivity contribution in [3.8, 4) is 11.3 Å². The summed E-state index contributed by atoms with van der Waals surface area (Å²) in [5.41, 5.74) is 1.18. The summed E-state index contributed by atoms with van der Waals surface area (Å²) in [6.07, 6.45) is 0. The van der Waals surface area contributed by atoms with Crippen LogP contribution >= 0.6 is 23.2 Å². The van der Waals surface area contributed by atoms with Gasteiger partial charge in [-0.05, 0) is 19.1 Å². The summed E-state index contributed by atoms with van der Waals surface area (Å²) in [5, 5.41) is 4.83. The van der Waals surface area contributed by atoms with Crippen LogP contribution in [0, 0.1) is 12.8 Å². The fourth-order valence-corrected chi connectivity index (χ4v) is 3.75. The number of halogens is 2. The first-order valence-electron chi connectivity index (χ1n) is 8.80. The van der Waals surface area contributed by atoms with E-state index < -0.39 is 0 Å². The Bertz CT molecular complexity index is 851. The minimum Gasteiger partial charge on any atom is -0.360 e. The molecule has 0 radical (unpaired) electrons. The molecule has 0 aliphatic carbocycles. The normalized spacial score (nSPS) is 14.7. The van der Waals surface area contributed by atoms with Gasteiger partial charge in [0, 0.05) is 37.7 Å². The molecule has 27 heavy (non-hydrogen) atoms. The van der Waals surface area contributed by atoms with Crippen molar-refractivity contribution in [1.82, 2.24) is 15.0 Å². The van der Waals surface area contributed by atoms with Crippen LogP contribution in [0.25, 0.3) is 11.3 Å². The molecular formula is C19H21Cl2N3O3. The van der Waals surface area contributed by atoms with Crippen LogP contribution in [-0.4, -0.2) is 52.9 Å². The smallest absolute Gasteiger partial charge is 0.259 e. The summed E-state index contributed by atoms with van der Waals surface area (Å²) in [6, 6.07) is 5.11. The lowest BCUT2D eigenvalue weighted by Crippen LogP contribution is -2.51. The lowest BCUT2D eigenvalue weighted by Gasteiger charge is -2.35. The molecule has 1 fully saturated rings. The van der Waals surface area contributed by atoms with E-state index in [0.717, 1.165) is 0 Å². The van der Waals surface area contributed by atoms with Crippen molar-refractivity contribution in [2.75, 3.05) is 26.2 Å². The van der Waals surface area contributed by atoms with Gasteiger partial charge >= 0.3 is 0 Å². The molecule has 0 saturated carbocycles. The van der Waals surface area contributed by atoms with E-state index >= 15 is 0 Å². The zero-order valence-electron chi connectivity index (χ0n) is 15.5. The van der Waals surface area contributed by atoms with Crippen molar-refractivity contribution in [1.29, 1.82) is 0 Å². The largest absolute Gasteiger partial charge is 0.360 e. The lowest BCUT2D eigenvalue weighted by atomic mass is 10.0. The molecule has 144 valence electrons. The fourth-order valence-electron chi connectivity index (χ4n) is 3.17. The number of carbonyl (C=O) groups is 2. The van der Waals surface area contributed by atoms with Crippen LogP contribution in [0.5, 0.6) is 0 Å². The molecule has 0 bridgehead atoms. The van der Waals surface area contributed by atoms with Gasteiger partial charge in [0.15, 0.2) is 0 Å². The second-order valence-corrected chi connectivity index (χ2v) is 7.65. The summed E-state index contributed by atoms with van der Waals surface area (Å²) in [5.74, 6) is 0.261. The summed E-state index contributed by atoms with van der Waals surface area (Å²) in [4.78, 5) is 28.8. The van der Waals surface area contributed by atoms with Gasteiger partial charge in [0.1, 0.15) is 17.0 Å². The van der Waals surface area contributed by atoms with E-state index in [1.807, 2.05) is 13.8 Å². The topological polar surface area (TPSA) is 66.7 Å². The Morgan fingerprint density at radius 2 is 1.63 bits per heavy atom. The Morgan fingerprint density at radius 1 is 1.07 bits per heavy atom. The number of hydrogen-bond donors (Lipinski definition) is 0. The summed E-state index contributed by atoms with van der Waals surface area (Å²) in [6.45, 7) is 7.37. The molecule has 0 unspecified atom stereocenters. The Kier molecular flexibility index (Phi) is 5.77. The van der Waals surface area contributed by atoms with Gasteiger partial charge in [0.25, 0.3) is 5.91 Å². The molecular weight excluding hydrogens is 389 g/mol. The van der Waals surface area contributed by atoms with Gasteiger partial charge in [-0.15, -0.1) is 0 Å². The lowest BCUT2D eigenvalue weighted by molar-refractivity contribution is -0.135. The molecule has 1 aromatic carbocycles. The van der Waals surface area contributed by atoms with E-state index in [1.54, 1.807) is 34.9 Å². The first kappa shape index (κ1) is 19.7. The Morgan fingerprint density at radius 3 is 2.19 bits per heavy atom. The van der Waals surface area contributed by atoms with E-state index in [0.29, 0.717) is 58.8 Å². The average molecular weight is 410 g/mol. The first-order valence-corrected chi connectivity index (χ1v) is 9.55. The highest BCUT2D eigenvalue weighted by Gasteiger charge is 2.31. The van der Waals surface area contributed by atoms with Gasteiger partial charge in [-0.3, -0.25) is 9.59 Å². The molecule has 0 atom stereocenters. The van der Waals surface area contributed by atoms with Crippen molar-refractivity contribution >= 4 is 35.0 Å². The first-order chi connectivity index (χ1) is 12.8. The van der Waals surface area contributed by atoms with E-state index in [1.165, 1.54) is 0 Å². The molecule has 2 heterocycles. The van der Waals surface area contributed by atoms with E-state index in [-0.39, 0.29) is 17.7 Å². The van der Waals surface area contributed by atoms with Crippen molar-refractivity contribution in [3.63, 3.8) is 0 Å². The number of benzene rings is 1. The van der Waals surface area contributed by atoms with Crippen molar-refractivity contribution in [3.05, 3.63) is 39.6 Å². The van der Waals surface area contributed by atoms with Gasteiger partial charge < -0.3 is 14.3 Å². The van der Waals surface area contributed by atoms with Crippen molar-refractivity contribution < 1.29 is 14.1 Å². The highest BCUT2D eigenvalue weighted by atomic mass is 35.5. The van der Waals surface area contributed by atoms with Gasteiger partial charge in [-0.1, -0.05) is 48.3 Å². The van der Waals surface area contributed by atoms with Crippen LogP contribution in [0.1, 0.15) is 30.0 Å². The van der Waals surface area contributed by atoms with Crippen molar-refractivity contribution in [2.45, 2.75) is 20.8 Å². The number of nitrogens with zero attached hydrogens (tertiary/aromatic N) is 3. The number of amides is 2. The highest BCUT2D eigenvalue weighted by molar-refractivity contribution is 6.39. The van der Waals surface area contributed by atoms with Crippen LogP contribution in [0.2, 0.25) is 10.0 Å². The molecule has 3 rings (SSSR count). The molecule has 8 heteroatoms. The third kappa shape index (κ3) is 3.82. The minimum atomic E-state index is -0.198. The predicted molar refractivity (Wildman–Crippen MR) is 104 cm³/mol. The van der Waals surface area contributed by atoms with Gasteiger partial charge in [0.05, 0.1) is 10.0 Å². The number of aryl methyl sites for hydroxylation is 1. The van der Waals surface area contributed by atoms with Crippen LogP contribution in [0.15, 0.2) is 22.7 Å². The molecule has 1 aliphatic heterocycles. The number of aromatic nitrogens is 1. The summed E-state index contributed by atoms with van der Waals surface area (Å²) < 4.78 is 5.28.